The van der Waals surface area contributed by atoms with E-state index in [1.165, 1.54) is 6.08 Å². The molecule has 1 rings (SSSR count). The summed E-state index contributed by atoms with van der Waals surface area (Å²) in [5.41, 5.74) is 0.962. The summed E-state index contributed by atoms with van der Waals surface area (Å²) in [5.74, 6) is -0.176. The molecule has 0 saturated heterocycles. The summed E-state index contributed by atoms with van der Waals surface area (Å²) in [7, 11) is 1.60. The predicted octanol–water partition coefficient (Wildman–Crippen LogP) is 2.35. The van der Waals surface area contributed by atoms with Gasteiger partial charge in [-0.1, -0.05) is 30.4 Å². The van der Waals surface area contributed by atoms with Gasteiger partial charge in [0.15, 0.2) is 0 Å². The van der Waals surface area contributed by atoms with Crippen LogP contribution < -0.4 is 4.74 Å². The highest BCUT2D eigenvalue weighted by molar-refractivity contribution is 5.80. The number of allylic oxidation sites excluding steroid dienone is 2. The lowest BCUT2D eigenvalue weighted by molar-refractivity contribution is -0.131. The highest BCUT2D eigenvalue weighted by atomic mass is 16.5. The fourth-order valence-electron chi connectivity index (χ4n) is 1.05. The standard InChI is InChI=1S/C12H12O3/c1-15-11-7-4-6-10(9-11)5-2-3-8-12(13)14/h2-9H,1H3,(H,13,14)/b5-2-,8-3+. The Morgan fingerprint density at radius 3 is 2.87 bits per heavy atom. The number of benzene rings is 1. The Bertz CT molecular complexity index is 392. The first kappa shape index (κ1) is 11.0. The van der Waals surface area contributed by atoms with Gasteiger partial charge < -0.3 is 9.84 Å². The van der Waals surface area contributed by atoms with Crippen molar-refractivity contribution >= 4 is 12.0 Å². The van der Waals surface area contributed by atoms with Crippen LogP contribution in [0.15, 0.2) is 42.5 Å². The van der Waals surface area contributed by atoms with Gasteiger partial charge in [0.2, 0.25) is 0 Å². The molecule has 3 nitrogen and oxygen atoms in total. The largest absolute Gasteiger partial charge is 0.497 e. The molecule has 1 aromatic rings. The molecular weight excluding hydrogens is 192 g/mol. The van der Waals surface area contributed by atoms with Gasteiger partial charge in [0.25, 0.3) is 0 Å². The van der Waals surface area contributed by atoms with E-state index in [-0.39, 0.29) is 0 Å². The van der Waals surface area contributed by atoms with Gasteiger partial charge in [-0.2, -0.15) is 0 Å². The minimum Gasteiger partial charge on any atom is -0.497 e. The molecule has 0 radical (unpaired) electrons. The average Bonchev–Trinajstić information content (AvgIpc) is 2.24. The summed E-state index contributed by atoms with van der Waals surface area (Å²) >= 11 is 0. The van der Waals surface area contributed by atoms with Crippen LogP contribution in [0.4, 0.5) is 0 Å². The quantitative estimate of drug-likeness (QED) is 0.605. The first-order chi connectivity index (χ1) is 7.22. The maximum atomic E-state index is 10.2. The number of carboxylic acid groups (broad SMARTS) is 1. The maximum absolute atomic E-state index is 10.2. The maximum Gasteiger partial charge on any atom is 0.328 e. The van der Waals surface area contributed by atoms with Crippen LogP contribution in [-0.4, -0.2) is 18.2 Å². The number of ether oxygens (including phenoxy) is 1. The second kappa shape index (κ2) is 5.65. The van der Waals surface area contributed by atoms with E-state index < -0.39 is 5.97 Å². The number of carboxylic acids is 1. The minimum absolute atomic E-state index is 0.777. The van der Waals surface area contributed by atoms with Gasteiger partial charge >= 0.3 is 5.97 Å². The zero-order chi connectivity index (χ0) is 11.1. The molecule has 0 atom stereocenters. The number of rotatable bonds is 4. The minimum atomic E-state index is -0.953. The third-order valence-electron chi connectivity index (χ3n) is 1.73. The molecule has 0 amide bonds. The van der Waals surface area contributed by atoms with Crippen molar-refractivity contribution in [3.8, 4) is 5.75 Å². The molecule has 0 aromatic heterocycles. The van der Waals surface area contributed by atoms with E-state index in [9.17, 15) is 4.79 Å². The van der Waals surface area contributed by atoms with Crippen LogP contribution in [0.25, 0.3) is 6.08 Å². The molecule has 0 heterocycles. The molecule has 1 aromatic carbocycles. The van der Waals surface area contributed by atoms with Crippen LogP contribution in [-0.2, 0) is 4.79 Å². The Labute approximate surface area is 88.3 Å². The predicted molar refractivity (Wildman–Crippen MR) is 58.8 cm³/mol. The number of methoxy groups -OCH3 is 1. The summed E-state index contributed by atoms with van der Waals surface area (Å²) in [6.07, 6.45) is 6.03. The SMILES string of the molecule is COc1cccc(/C=C\C=C\C(=O)O)c1. The number of aliphatic carboxylic acids is 1. The van der Waals surface area contributed by atoms with E-state index in [4.69, 9.17) is 9.84 Å². The number of hydrogen-bond donors (Lipinski definition) is 1. The molecule has 0 saturated carbocycles. The fraction of sp³-hybridized carbons (Fsp3) is 0.0833. The first-order valence-corrected chi connectivity index (χ1v) is 4.44. The third kappa shape index (κ3) is 4.13. The molecule has 0 aliphatic heterocycles. The lowest BCUT2D eigenvalue weighted by atomic mass is 10.2. The highest BCUT2D eigenvalue weighted by Crippen LogP contribution is 2.13. The summed E-state index contributed by atoms with van der Waals surface area (Å²) in [6.45, 7) is 0. The van der Waals surface area contributed by atoms with Crippen LogP contribution in [0.3, 0.4) is 0 Å². The number of hydrogen-bond acceptors (Lipinski definition) is 2. The molecule has 0 unspecified atom stereocenters. The molecule has 0 fully saturated rings. The van der Waals surface area contributed by atoms with Crippen molar-refractivity contribution in [3.05, 3.63) is 48.1 Å². The van der Waals surface area contributed by atoms with Gasteiger partial charge in [0, 0.05) is 6.08 Å². The average molecular weight is 204 g/mol. The monoisotopic (exact) mass is 204 g/mol. The Balaban J connectivity index is 2.67. The Morgan fingerprint density at radius 1 is 1.40 bits per heavy atom. The van der Waals surface area contributed by atoms with Gasteiger partial charge in [0.1, 0.15) is 5.75 Å². The van der Waals surface area contributed by atoms with E-state index >= 15 is 0 Å². The lowest BCUT2D eigenvalue weighted by Crippen LogP contribution is -1.84. The highest BCUT2D eigenvalue weighted by Gasteiger charge is 1.90. The molecule has 78 valence electrons. The Hall–Kier alpha value is -2.03. The van der Waals surface area contributed by atoms with E-state index in [0.717, 1.165) is 17.4 Å². The topological polar surface area (TPSA) is 46.5 Å². The molecule has 15 heavy (non-hydrogen) atoms. The summed E-state index contributed by atoms with van der Waals surface area (Å²) in [6, 6.07) is 7.50. The zero-order valence-corrected chi connectivity index (χ0v) is 8.38. The molecule has 0 spiro atoms. The first-order valence-electron chi connectivity index (χ1n) is 4.44. The second-order valence-electron chi connectivity index (χ2n) is 2.83. The van der Waals surface area contributed by atoms with E-state index in [0.29, 0.717) is 0 Å². The van der Waals surface area contributed by atoms with Crippen molar-refractivity contribution in [2.45, 2.75) is 0 Å². The molecule has 1 N–H and O–H groups in total. The van der Waals surface area contributed by atoms with E-state index in [2.05, 4.69) is 0 Å². The third-order valence-corrected chi connectivity index (χ3v) is 1.73. The van der Waals surface area contributed by atoms with Crippen molar-refractivity contribution in [1.29, 1.82) is 0 Å². The van der Waals surface area contributed by atoms with Gasteiger partial charge in [-0.15, -0.1) is 0 Å². The van der Waals surface area contributed by atoms with Crippen molar-refractivity contribution in [3.63, 3.8) is 0 Å². The Morgan fingerprint density at radius 2 is 2.20 bits per heavy atom. The van der Waals surface area contributed by atoms with Crippen molar-refractivity contribution < 1.29 is 14.6 Å². The van der Waals surface area contributed by atoms with Gasteiger partial charge in [-0.05, 0) is 17.7 Å². The van der Waals surface area contributed by atoms with Crippen LogP contribution in [0, 0.1) is 0 Å². The van der Waals surface area contributed by atoms with Crippen LogP contribution in [0.2, 0.25) is 0 Å². The summed E-state index contributed by atoms with van der Waals surface area (Å²) in [4.78, 5) is 10.2. The smallest absolute Gasteiger partial charge is 0.328 e. The van der Waals surface area contributed by atoms with Crippen molar-refractivity contribution in [2.24, 2.45) is 0 Å². The summed E-state index contributed by atoms with van der Waals surface area (Å²) in [5, 5.41) is 8.35. The molecule has 3 heteroatoms. The van der Waals surface area contributed by atoms with Crippen LogP contribution in [0.5, 0.6) is 5.75 Å². The fourth-order valence-corrected chi connectivity index (χ4v) is 1.05. The molecule has 0 aliphatic rings. The molecule has 0 bridgehead atoms. The second-order valence-corrected chi connectivity index (χ2v) is 2.83. The van der Waals surface area contributed by atoms with Gasteiger partial charge in [-0.25, -0.2) is 4.79 Å². The van der Waals surface area contributed by atoms with E-state index in [1.807, 2.05) is 30.3 Å². The van der Waals surface area contributed by atoms with Gasteiger partial charge in [0.05, 0.1) is 7.11 Å². The van der Waals surface area contributed by atoms with E-state index in [1.54, 1.807) is 13.2 Å². The molecule has 0 aliphatic carbocycles. The molecular formula is C12H12O3. The normalized spacial score (nSPS) is 11.0. The van der Waals surface area contributed by atoms with Crippen molar-refractivity contribution in [2.75, 3.05) is 7.11 Å². The zero-order valence-electron chi connectivity index (χ0n) is 8.38. The lowest BCUT2D eigenvalue weighted by Gasteiger charge is -1.99. The Kier molecular flexibility index (Phi) is 4.16. The van der Waals surface area contributed by atoms with Crippen LogP contribution >= 0.6 is 0 Å². The van der Waals surface area contributed by atoms with Crippen LogP contribution in [0.1, 0.15) is 5.56 Å². The van der Waals surface area contributed by atoms with Gasteiger partial charge in [-0.3, -0.25) is 0 Å². The summed E-state index contributed by atoms with van der Waals surface area (Å²) < 4.78 is 5.05. The number of carbonyl (C=O) groups is 1. The van der Waals surface area contributed by atoms with Crippen molar-refractivity contribution in [1.82, 2.24) is 0 Å².